The summed E-state index contributed by atoms with van der Waals surface area (Å²) in [6.45, 7) is 4.10. The Morgan fingerprint density at radius 2 is 2.00 bits per heavy atom. The lowest BCUT2D eigenvalue weighted by Gasteiger charge is -2.10. The van der Waals surface area contributed by atoms with E-state index < -0.39 is 6.23 Å². The van der Waals surface area contributed by atoms with Gasteiger partial charge in [0.25, 0.3) is 0 Å². The second-order valence-electron chi connectivity index (χ2n) is 2.27. The van der Waals surface area contributed by atoms with Crippen LogP contribution >= 0.6 is 0 Å². The van der Waals surface area contributed by atoms with Gasteiger partial charge in [-0.2, -0.15) is 0 Å². The first-order valence-electron chi connectivity index (χ1n) is 3.60. The molecule has 0 aliphatic rings. The molecule has 0 heterocycles. The molecule has 2 nitrogen and oxygen atoms in total. The Morgan fingerprint density at radius 1 is 1.36 bits per heavy atom. The van der Waals surface area contributed by atoms with Crippen LogP contribution in [0.4, 0.5) is 0 Å². The number of rotatable bonds is 3. The maximum Gasteiger partial charge on any atom is 0.131 e. The van der Waals surface area contributed by atoms with Gasteiger partial charge in [0.1, 0.15) is 6.23 Å². The summed E-state index contributed by atoms with van der Waals surface area (Å²) in [5.41, 5.74) is 0.871. The molecule has 2 N–H and O–H groups in total. The van der Waals surface area contributed by atoms with Gasteiger partial charge in [-0.3, -0.25) is 5.32 Å². The molecule has 1 rings (SSSR count). The zero-order chi connectivity index (χ0) is 8.10. The van der Waals surface area contributed by atoms with Gasteiger partial charge in [0, 0.05) is 0 Å². The van der Waals surface area contributed by atoms with Crippen LogP contribution in [0.15, 0.2) is 30.3 Å². The lowest BCUT2D eigenvalue weighted by molar-refractivity contribution is 0.144. The zero-order valence-corrected chi connectivity index (χ0v) is 6.33. The van der Waals surface area contributed by atoms with Crippen LogP contribution in [-0.4, -0.2) is 11.7 Å². The molecule has 1 atom stereocenters. The SMILES string of the molecule is [CH2]CNC(O)c1ccccc1. The van der Waals surface area contributed by atoms with Gasteiger partial charge in [-0.1, -0.05) is 30.3 Å². The molecule has 59 valence electrons. The smallest absolute Gasteiger partial charge is 0.131 e. The van der Waals surface area contributed by atoms with E-state index in [1.807, 2.05) is 30.3 Å². The van der Waals surface area contributed by atoms with Gasteiger partial charge >= 0.3 is 0 Å². The number of aliphatic hydroxyl groups is 1. The van der Waals surface area contributed by atoms with E-state index in [1.165, 1.54) is 0 Å². The normalized spacial score (nSPS) is 12.9. The zero-order valence-electron chi connectivity index (χ0n) is 6.33. The summed E-state index contributed by atoms with van der Waals surface area (Å²) in [5, 5.41) is 12.2. The molecule has 0 saturated carbocycles. The van der Waals surface area contributed by atoms with E-state index in [2.05, 4.69) is 12.2 Å². The Bertz CT molecular complexity index is 198. The van der Waals surface area contributed by atoms with E-state index in [0.717, 1.165) is 5.56 Å². The number of benzene rings is 1. The lowest BCUT2D eigenvalue weighted by Crippen LogP contribution is -2.19. The van der Waals surface area contributed by atoms with Crippen LogP contribution in [0.1, 0.15) is 11.8 Å². The molecule has 0 spiro atoms. The quantitative estimate of drug-likeness (QED) is 0.632. The summed E-state index contributed by atoms with van der Waals surface area (Å²) >= 11 is 0. The molecule has 0 amide bonds. The Morgan fingerprint density at radius 3 is 2.55 bits per heavy atom. The van der Waals surface area contributed by atoms with Crippen molar-refractivity contribution in [2.45, 2.75) is 6.23 Å². The molecule has 0 aromatic heterocycles. The van der Waals surface area contributed by atoms with Crippen LogP contribution in [0.25, 0.3) is 0 Å². The Labute approximate surface area is 66.9 Å². The van der Waals surface area contributed by atoms with E-state index in [0.29, 0.717) is 6.54 Å². The predicted octanol–water partition coefficient (Wildman–Crippen LogP) is 1.10. The third-order valence-corrected chi connectivity index (χ3v) is 1.45. The van der Waals surface area contributed by atoms with E-state index >= 15 is 0 Å². The highest BCUT2D eigenvalue weighted by atomic mass is 16.3. The molecule has 1 unspecified atom stereocenters. The highest BCUT2D eigenvalue weighted by molar-refractivity contribution is 5.16. The van der Waals surface area contributed by atoms with Gasteiger partial charge in [-0.15, -0.1) is 0 Å². The minimum atomic E-state index is -0.589. The van der Waals surface area contributed by atoms with E-state index in [9.17, 15) is 5.11 Å². The number of nitrogens with one attached hydrogen (secondary N) is 1. The summed E-state index contributed by atoms with van der Waals surface area (Å²) in [5.74, 6) is 0. The lowest BCUT2D eigenvalue weighted by atomic mass is 10.2. The van der Waals surface area contributed by atoms with Crippen molar-refractivity contribution in [3.05, 3.63) is 42.8 Å². The first-order chi connectivity index (χ1) is 5.34. The third kappa shape index (κ3) is 2.33. The van der Waals surface area contributed by atoms with Gasteiger partial charge in [0.05, 0.1) is 0 Å². The second kappa shape index (κ2) is 4.11. The standard InChI is InChI=1S/C9H12NO/c1-2-10-9(11)8-6-4-3-5-7-8/h3-7,9-11H,1-2H2. The van der Waals surface area contributed by atoms with Gasteiger partial charge in [-0.05, 0) is 19.0 Å². The summed E-state index contributed by atoms with van der Waals surface area (Å²) in [4.78, 5) is 0. The first kappa shape index (κ1) is 8.24. The summed E-state index contributed by atoms with van der Waals surface area (Å²) in [6, 6.07) is 9.44. The minimum Gasteiger partial charge on any atom is -0.374 e. The third-order valence-electron chi connectivity index (χ3n) is 1.45. The number of hydrogen-bond acceptors (Lipinski definition) is 2. The van der Waals surface area contributed by atoms with Crippen molar-refractivity contribution in [2.24, 2.45) is 0 Å². The number of hydrogen-bond donors (Lipinski definition) is 2. The molecule has 0 fully saturated rings. The average Bonchev–Trinajstić information content (AvgIpc) is 2.07. The Hall–Kier alpha value is -0.860. The predicted molar refractivity (Wildman–Crippen MR) is 44.8 cm³/mol. The van der Waals surface area contributed by atoms with Crippen molar-refractivity contribution < 1.29 is 5.11 Å². The molecular formula is C9H12NO. The maximum absolute atomic E-state index is 9.37. The Kier molecular flexibility index (Phi) is 3.08. The highest BCUT2D eigenvalue weighted by Crippen LogP contribution is 2.07. The van der Waals surface area contributed by atoms with Crippen molar-refractivity contribution in [3.8, 4) is 0 Å². The maximum atomic E-state index is 9.37. The van der Waals surface area contributed by atoms with Crippen LogP contribution in [0, 0.1) is 6.92 Å². The van der Waals surface area contributed by atoms with E-state index in [-0.39, 0.29) is 0 Å². The van der Waals surface area contributed by atoms with Gasteiger partial charge < -0.3 is 5.11 Å². The molecule has 0 saturated heterocycles. The van der Waals surface area contributed by atoms with Crippen molar-refractivity contribution in [2.75, 3.05) is 6.54 Å². The average molecular weight is 150 g/mol. The van der Waals surface area contributed by atoms with E-state index in [4.69, 9.17) is 0 Å². The largest absolute Gasteiger partial charge is 0.374 e. The Balaban J connectivity index is 2.61. The minimum absolute atomic E-state index is 0.524. The topological polar surface area (TPSA) is 32.3 Å². The van der Waals surface area contributed by atoms with Crippen LogP contribution in [0.5, 0.6) is 0 Å². The van der Waals surface area contributed by atoms with Crippen molar-refractivity contribution in [3.63, 3.8) is 0 Å². The molecule has 1 aromatic rings. The second-order valence-corrected chi connectivity index (χ2v) is 2.27. The van der Waals surface area contributed by atoms with E-state index in [1.54, 1.807) is 0 Å². The fourth-order valence-corrected chi connectivity index (χ4v) is 0.890. The van der Waals surface area contributed by atoms with Crippen LogP contribution < -0.4 is 5.32 Å². The van der Waals surface area contributed by atoms with Gasteiger partial charge in [0.2, 0.25) is 0 Å². The molecule has 0 aliphatic carbocycles. The van der Waals surface area contributed by atoms with Crippen molar-refractivity contribution in [1.82, 2.24) is 5.32 Å². The summed E-state index contributed by atoms with van der Waals surface area (Å²) < 4.78 is 0. The van der Waals surface area contributed by atoms with Crippen molar-refractivity contribution in [1.29, 1.82) is 0 Å². The molecule has 0 bridgehead atoms. The molecule has 11 heavy (non-hydrogen) atoms. The van der Waals surface area contributed by atoms with Gasteiger partial charge in [-0.25, -0.2) is 0 Å². The van der Waals surface area contributed by atoms with Gasteiger partial charge in [0.15, 0.2) is 0 Å². The van der Waals surface area contributed by atoms with Crippen molar-refractivity contribution >= 4 is 0 Å². The van der Waals surface area contributed by atoms with Crippen LogP contribution in [-0.2, 0) is 0 Å². The van der Waals surface area contributed by atoms with Crippen LogP contribution in [0.3, 0.4) is 0 Å². The highest BCUT2D eigenvalue weighted by Gasteiger charge is 2.01. The first-order valence-corrected chi connectivity index (χ1v) is 3.60. The molecule has 1 aromatic carbocycles. The number of aliphatic hydroxyl groups excluding tert-OH is 1. The monoisotopic (exact) mass is 150 g/mol. The molecular weight excluding hydrogens is 138 g/mol. The van der Waals surface area contributed by atoms with Crippen LogP contribution in [0.2, 0.25) is 0 Å². The summed E-state index contributed by atoms with van der Waals surface area (Å²) in [7, 11) is 0. The molecule has 1 radical (unpaired) electrons. The summed E-state index contributed by atoms with van der Waals surface area (Å²) in [6.07, 6.45) is -0.589. The molecule has 0 aliphatic heterocycles. The molecule has 2 heteroatoms. The fraction of sp³-hybridized carbons (Fsp3) is 0.222. The fourth-order valence-electron chi connectivity index (χ4n) is 0.890.